The summed E-state index contributed by atoms with van der Waals surface area (Å²) in [6.45, 7) is 0. The van der Waals surface area contributed by atoms with Gasteiger partial charge in [0, 0.05) is 22.9 Å². The molecule has 4 rings (SSSR count). The Morgan fingerprint density at radius 1 is 1.16 bits per heavy atom. The van der Waals surface area contributed by atoms with Gasteiger partial charge in [-0.05, 0) is 30.3 Å². The Kier molecular flexibility index (Phi) is 4.64. The standard InChI is InChI=1S/C16H9Cl2FN4S2/c17-10-5-13(18)14-21-22-16(23(14)6-10)25-8-12-7-24-15(20-12)9-1-3-11(19)4-2-9/h1-7H,8H2. The van der Waals surface area contributed by atoms with E-state index in [-0.39, 0.29) is 5.82 Å². The van der Waals surface area contributed by atoms with E-state index in [0.29, 0.717) is 26.6 Å². The summed E-state index contributed by atoms with van der Waals surface area (Å²) < 4.78 is 14.8. The zero-order chi connectivity index (χ0) is 17.4. The van der Waals surface area contributed by atoms with Gasteiger partial charge < -0.3 is 0 Å². The lowest BCUT2D eigenvalue weighted by atomic mass is 10.2. The lowest BCUT2D eigenvalue weighted by Crippen LogP contribution is -1.89. The van der Waals surface area contributed by atoms with Crippen LogP contribution >= 0.6 is 46.3 Å². The molecule has 0 aliphatic heterocycles. The predicted octanol–water partition coefficient (Wildman–Crippen LogP) is 5.59. The van der Waals surface area contributed by atoms with Crippen LogP contribution in [0.5, 0.6) is 0 Å². The van der Waals surface area contributed by atoms with Crippen LogP contribution in [-0.2, 0) is 5.75 Å². The highest BCUT2D eigenvalue weighted by Gasteiger charge is 2.12. The molecule has 3 heterocycles. The Balaban J connectivity index is 1.53. The van der Waals surface area contributed by atoms with E-state index >= 15 is 0 Å². The molecule has 3 aromatic heterocycles. The normalized spacial score (nSPS) is 11.3. The van der Waals surface area contributed by atoms with Crippen LogP contribution in [0.15, 0.2) is 47.1 Å². The van der Waals surface area contributed by atoms with Crippen molar-refractivity contribution in [3.05, 3.63) is 63.5 Å². The maximum Gasteiger partial charge on any atom is 0.196 e. The lowest BCUT2D eigenvalue weighted by Gasteiger charge is -2.00. The molecule has 9 heteroatoms. The van der Waals surface area contributed by atoms with Crippen molar-refractivity contribution in [2.24, 2.45) is 0 Å². The van der Waals surface area contributed by atoms with Gasteiger partial charge in [-0.3, -0.25) is 4.40 Å². The van der Waals surface area contributed by atoms with E-state index in [1.165, 1.54) is 35.2 Å². The summed E-state index contributed by atoms with van der Waals surface area (Å²) in [4.78, 5) is 4.59. The molecule has 0 atom stereocenters. The van der Waals surface area contributed by atoms with E-state index < -0.39 is 0 Å². The summed E-state index contributed by atoms with van der Waals surface area (Å²) in [5.41, 5.74) is 2.38. The van der Waals surface area contributed by atoms with Crippen molar-refractivity contribution in [3.63, 3.8) is 0 Å². The first-order valence-electron chi connectivity index (χ1n) is 7.13. The van der Waals surface area contributed by atoms with Crippen LogP contribution in [0.3, 0.4) is 0 Å². The van der Waals surface area contributed by atoms with E-state index in [1.807, 2.05) is 5.38 Å². The number of thiazole rings is 1. The van der Waals surface area contributed by atoms with Crippen LogP contribution in [0.2, 0.25) is 10.0 Å². The van der Waals surface area contributed by atoms with Gasteiger partial charge in [0.25, 0.3) is 0 Å². The summed E-state index contributed by atoms with van der Waals surface area (Å²) in [5.74, 6) is 0.370. The molecule has 25 heavy (non-hydrogen) atoms. The van der Waals surface area contributed by atoms with Crippen LogP contribution in [0.1, 0.15) is 5.69 Å². The van der Waals surface area contributed by atoms with Crippen molar-refractivity contribution in [2.45, 2.75) is 10.9 Å². The van der Waals surface area contributed by atoms with Gasteiger partial charge in [0.1, 0.15) is 10.8 Å². The highest BCUT2D eigenvalue weighted by atomic mass is 35.5. The monoisotopic (exact) mass is 410 g/mol. The first-order valence-corrected chi connectivity index (χ1v) is 9.75. The highest BCUT2D eigenvalue weighted by Crippen LogP contribution is 2.29. The first-order chi connectivity index (χ1) is 12.1. The molecule has 0 aliphatic carbocycles. The maximum atomic E-state index is 13.0. The van der Waals surface area contributed by atoms with Crippen molar-refractivity contribution in [3.8, 4) is 10.6 Å². The Bertz CT molecular complexity index is 1050. The number of thioether (sulfide) groups is 1. The molecule has 0 amide bonds. The van der Waals surface area contributed by atoms with Gasteiger partial charge in [0.15, 0.2) is 10.8 Å². The lowest BCUT2D eigenvalue weighted by molar-refractivity contribution is 0.628. The van der Waals surface area contributed by atoms with E-state index in [1.54, 1.807) is 28.8 Å². The van der Waals surface area contributed by atoms with E-state index in [4.69, 9.17) is 23.2 Å². The number of pyridine rings is 1. The number of rotatable bonds is 4. The number of benzene rings is 1. The molecule has 1 aromatic carbocycles. The summed E-state index contributed by atoms with van der Waals surface area (Å²) >= 11 is 15.2. The largest absolute Gasteiger partial charge is 0.275 e. The number of hydrogen-bond acceptors (Lipinski definition) is 5. The SMILES string of the molecule is Fc1ccc(-c2nc(CSc3nnc4c(Cl)cc(Cl)cn34)cs2)cc1. The molecule has 0 spiro atoms. The molecule has 0 saturated heterocycles. The minimum absolute atomic E-state index is 0.257. The van der Waals surface area contributed by atoms with Crippen molar-refractivity contribution in [2.75, 3.05) is 0 Å². The zero-order valence-corrected chi connectivity index (χ0v) is 15.6. The van der Waals surface area contributed by atoms with Crippen molar-refractivity contribution in [1.82, 2.24) is 19.6 Å². The van der Waals surface area contributed by atoms with E-state index in [0.717, 1.165) is 16.3 Å². The third kappa shape index (κ3) is 3.50. The molecule has 0 bridgehead atoms. The second kappa shape index (κ2) is 6.92. The van der Waals surface area contributed by atoms with Crippen molar-refractivity contribution in [1.29, 1.82) is 0 Å². The van der Waals surface area contributed by atoms with Crippen molar-refractivity contribution >= 4 is 51.9 Å². The van der Waals surface area contributed by atoms with Gasteiger partial charge >= 0.3 is 0 Å². The topological polar surface area (TPSA) is 43.1 Å². The van der Waals surface area contributed by atoms with Crippen LogP contribution in [0.4, 0.5) is 4.39 Å². The third-order valence-corrected chi connectivity index (χ3v) is 5.79. The molecular formula is C16H9Cl2FN4S2. The summed E-state index contributed by atoms with van der Waals surface area (Å²) in [5, 5.41) is 12.7. The number of halogens is 3. The summed E-state index contributed by atoms with van der Waals surface area (Å²) in [6.07, 6.45) is 1.73. The number of nitrogens with zero attached hydrogens (tertiary/aromatic N) is 4. The molecule has 4 aromatic rings. The molecule has 4 nitrogen and oxygen atoms in total. The first kappa shape index (κ1) is 16.8. The third-order valence-electron chi connectivity index (χ3n) is 3.39. The fourth-order valence-corrected chi connectivity index (χ4v) is 4.48. The number of aromatic nitrogens is 4. The molecular weight excluding hydrogens is 402 g/mol. The Labute approximate surface area is 160 Å². The average molecular weight is 411 g/mol. The smallest absolute Gasteiger partial charge is 0.196 e. The van der Waals surface area contributed by atoms with Crippen LogP contribution < -0.4 is 0 Å². The molecule has 0 unspecified atom stereocenters. The second-order valence-electron chi connectivity index (χ2n) is 5.12. The Hall–Kier alpha value is -1.67. The van der Waals surface area contributed by atoms with Crippen LogP contribution in [0.25, 0.3) is 16.2 Å². The zero-order valence-electron chi connectivity index (χ0n) is 12.5. The van der Waals surface area contributed by atoms with Gasteiger partial charge in [0.2, 0.25) is 0 Å². The molecule has 0 N–H and O–H groups in total. The molecule has 0 fully saturated rings. The number of fused-ring (bicyclic) bond motifs is 1. The predicted molar refractivity (Wildman–Crippen MR) is 100 cm³/mol. The van der Waals surface area contributed by atoms with Gasteiger partial charge in [-0.15, -0.1) is 21.5 Å². The Morgan fingerprint density at radius 2 is 1.96 bits per heavy atom. The quantitative estimate of drug-likeness (QED) is 0.411. The fraction of sp³-hybridized carbons (Fsp3) is 0.0625. The summed E-state index contributed by atoms with van der Waals surface area (Å²) in [7, 11) is 0. The molecule has 0 radical (unpaired) electrons. The van der Waals surface area contributed by atoms with Gasteiger partial charge in [0.05, 0.1) is 15.7 Å². The number of hydrogen-bond donors (Lipinski definition) is 0. The van der Waals surface area contributed by atoms with Gasteiger partial charge in [-0.25, -0.2) is 9.37 Å². The summed E-state index contributed by atoms with van der Waals surface area (Å²) in [6, 6.07) is 7.95. The second-order valence-corrected chi connectivity index (χ2v) is 7.77. The van der Waals surface area contributed by atoms with Crippen LogP contribution in [-0.4, -0.2) is 19.6 Å². The van der Waals surface area contributed by atoms with E-state index in [9.17, 15) is 4.39 Å². The maximum absolute atomic E-state index is 13.0. The molecule has 0 saturated carbocycles. The fourth-order valence-electron chi connectivity index (χ4n) is 2.24. The van der Waals surface area contributed by atoms with Gasteiger partial charge in [-0.2, -0.15) is 0 Å². The van der Waals surface area contributed by atoms with Crippen molar-refractivity contribution < 1.29 is 4.39 Å². The van der Waals surface area contributed by atoms with E-state index in [2.05, 4.69) is 15.2 Å². The average Bonchev–Trinajstić information content (AvgIpc) is 3.21. The Morgan fingerprint density at radius 3 is 2.76 bits per heavy atom. The minimum Gasteiger partial charge on any atom is -0.275 e. The highest BCUT2D eigenvalue weighted by molar-refractivity contribution is 7.98. The van der Waals surface area contributed by atoms with Gasteiger partial charge in [-0.1, -0.05) is 35.0 Å². The van der Waals surface area contributed by atoms with Crippen LogP contribution in [0, 0.1) is 5.82 Å². The molecule has 0 aliphatic rings. The molecule has 126 valence electrons. The minimum atomic E-state index is -0.257.